The normalized spacial score (nSPS) is 12.9. The molecule has 0 aromatic carbocycles. The van der Waals surface area contributed by atoms with Gasteiger partial charge in [-0.05, 0) is 50.7 Å². The van der Waals surface area contributed by atoms with Gasteiger partial charge in [-0.15, -0.1) is 10.2 Å². The predicted octanol–water partition coefficient (Wildman–Crippen LogP) is 4.56. The van der Waals surface area contributed by atoms with Crippen LogP contribution in [0.1, 0.15) is 85.5 Å². The number of nitrogens with one attached hydrogen (secondary N) is 3. The SMILES string of the molecule is CNC(=O)c1cnc2c(C(C)C)cc(NC(=O)C3CC3)nn12.Cc1cc(Nc2cc(C(C)C)c3nccn3n2)nc(C)n1. The van der Waals surface area contributed by atoms with Crippen molar-refractivity contribution in [3.05, 3.63) is 65.1 Å². The fraction of sp³-hybridized carbons (Fsp3) is 0.400. The molecule has 13 heteroatoms. The molecule has 0 bridgehead atoms. The number of hydrogen-bond acceptors (Lipinski definition) is 9. The molecule has 224 valence electrons. The lowest BCUT2D eigenvalue weighted by atomic mass is 10.1. The van der Waals surface area contributed by atoms with Gasteiger partial charge < -0.3 is 16.0 Å². The minimum atomic E-state index is -0.264. The van der Waals surface area contributed by atoms with Gasteiger partial charge in [0.2, 0.25) is 5.91 Å². The highest BCUT2D eigenvalue weighted by molar-refractivity contribution is 5.94. The monoisotopic (exact) mass is 583 g/mol. The fourth-order valence-corrected chi connectivity index (χ4v) is 4.67. The molecular formula is C30H37N11O2. The van der Waals surface area contributed by atoms with E-state index in [0.29, 0.717) is 23.1 Å². The Hall–Kier alpha value is -4.94. The highest BCUT2D eigenvalue weighted by atomic mass is 16.2. The Morgan fingerprint density at radius 1 is 0.884 bits per heavy atom. The van der Waals surface area contributed by atoms with Gasteiger partial charge >= 0.3 is 0 Å². The molecule has 0 atom stereocenters. The summed E-state index contributed by atoms with van der Waals surface area (Å²) in [7, 11) is 1.56. The van der Waals surface area contributed by atoms with Crippen molar-refractivity contribution in [2.24, 2.45) is 5.92 Å². The molecule has 0 aliphatic heterocycles. The van der Waals surface area contributed by atoms with E-state index in [0.717, 1.165) is 52.8 Å². The Balaban J connectivity index is 0.000000171. The molecule has 1 saturated carbocycles. The molecule has 0 spiro atoms. The highest BCUT2D eigenvalue weighted by Crippen LogP contribution is 2.31. The van der Waals surface area contributed by atoms with Crippen LogP contribution in [0.3, 0.4) is 0 Å². The summed E-state index contributed by atoms with van der Waals surface area (Å²) in [6, 6.07) is 5.77. The first kappa shape index (κ1) is 29.5. The number of aryl methyl sites for hydroxylation is 2. The molecule has 13 nitrogen and oxygen atoms in total. The largest absolute Gasteiger partial charge is 0.354 e. The van der Waals surface area contributed by atoms with E-state index in [2.05, 4.69) is 59.9 Å². The maximum Gasteiger partial charge on any atom is 0.271 e. The van der Waals surface area contributed by atoms with Crippen molar-refractivity contribution in [3.8, 4) is 0 Å². The summed E-state index contributed by atoms with van der Waals surface area (Å²) in [4.78, 5) is 41.2. The number of carbonyl (C=O) groups is 2. The molecule has 3 N–H and O–H groups in total. The second-order valence-corrected chi connectivity index (χ2v) is 11.3. The zero-order chi connectivity index (χ0) is 30.8. The third-order valence-corrected chi connectivity index (χ3v) is 7.01. The third-order valence-electron chi connectivity index (χ3n) is 7.01. The molecule has 0 saturated heterocycles. The zero-order valence-corrected chi connectivity index (χ0v) is 25.5. The van der Waals surface area contributed by atoms with Crippen LogP contribution in [0.15, 0.2) is 36.8 Å². The van der Waals surface area contributed by atoms with Gasteiger partial charge in [-0.3, -0.25) is 9.59 Å². The number of amides is 2. The van der Waals surface area contributed by atoms with Gasteiger partial charge in [-0.25, -0.2) is 29.0 Å². The fourth-order valence-electron chi connectivity index (χ4n) is 4.67. The number of carbonyl (C=O) groups excluding carboxylic acids is 2. The van der Waals surface area contributed by atoms with Crippen LogP contribution in [0.5, 0.6) is 0 Å². The Labute approximate surface area is 249 Å². The maximum atomic E-state index is 11.9. The average Bonchev–Trinajstić information content (AvgIpc) is 3.56. The quantitative estimate of drug-likeness (QED) is 0.250. The second kappa shape index (κ2) is 12.1. The van der Waals surface area contributed by atoms with Crippen molar-refractivity contribution in [1.82, 2.24) is 44.5 Å². The number of anilines is 3. The van der Waals surface area contributed by atoms with Crippen molar-refractivity contribution in [2.75, 3.05) is 17.7 Å². The summed E-state index contributed by atoms with van der Waals surface area (Å²) in [6.45, 7) is 12.2. The number of imidazole rings is 2. The molecule has 5 heterocycles. The molecule has 1 fully saturated rings. The van der Waals surface area contributed by atoms with E-state index >= 15 is 0 Å². The minimum absolute atomic E-state index is 0.0110. The van der Waals surface area contributed by atoms with Gasteiger partial charge in [0.15, 0.2) is 28.6 Å². The maximum absolute atomic E-state index is 11.9. The summed E-state index contributed by atoms with van der Waals surface area (Å²) in [6.07, 6.45) is 6.97. The van der Waals surface area contributed by atoms with E-state index in [-0.39, 0.29) is 23.7 Å². The molecule has 2 amide bonds. The first-order chi connectivity index (χ1) is 20.5. The van der Waals surface area contributed by atoms with E-state index < -0.39 is 0 Å². The summed E-state index contributed by atoms with van der Waals surface area (Å²) in [5.41, 5.74) is 4.90. The molecule has 0 unspecified atom stereocenters. The van der Waals surface area contributed by atoms with E-state index in [9.17, 15) is 9.59 Å². The molecule has 5 aromatic heterocycles. The minimum Gasteiger partial charge on any atom is -0.354 e. The van der Waals surface area contributed by atoms with Crippen LogP contribution in [0.2, 0.25) is 0 Å². The van der Waals surface area contributed by atoms with Crippen LogP contribution in [-0.4, -0.2) is 58.0 Å². The number of aromatic nitrogens is 8. The van der Waals surface area contributed by atoms with Crippen molar-refractivity contribution < 1.29 is 9.59 Å². The molecular weight excluding hydrogens is 546 g/mol. The number of rotatable bonds is 7. The molecule has 0 radical (unpaired) electrons. The van der Waals surface area contributed by atoms with E-state index in [1.807, 2.05) is 52.1 Å². The third kappa shape index (κ3) is 6.60. The van der Waals surface area contributed by atoms with Crippen LogP contribution in [-0.2, 0) is 4.79 Å². The van der Waals surface area contributed by atoms with E-state index in [1.54, 1.807) is 17.8 Å². The van der Waals surface area contributed by atoms with Gasteiger partial charge in [0.05, 0.1) is 6.20 Å². The first-order valence-electron chi connectivity index (χ1n) is 14.4. The van der Waals surface area contributed by atoms with Gasteiger partial charge in [0.25, 0.3) is 5.91 Å². The lowest BCUT2D eigenvalue weighted by molar-refractivity contribution is -0.117. The van der Waals surface area contributed by atoms with Crippen molar-refractivity contribution in [1.29, 1.82) is 0 Å². The van der Waals surface area contributed by atoms with Gasteiger partial charge in [-0.1, -0.05) is 27.7 Å². The van der Waals surface area contributed by atoms with Crippen molar-refractivity contribution in [2.45, 2.75) is 66.2 Å². The van der Waals surface area contributed by atoms with E-state index in [1.165, 1.54) is 10.7 Å². The number of fused-ring (bicyclic) bond motifs is 2. The van der Waals surface area contributed by atoms with Crippen LogP contribution in [0, 0.1) is 19.8 Å². The lowest BCUT2D eigenvalue weighted by Crippen LogP contribution is -2.21. The molecule has 1 aliphatic rings. The van der Waals surface area contributed by atoms with E-state index in [4.69, 9.17) is 0 Å². The summed E-state index contributed by atoms with van der Waals surface area (Å²) >= 11 is 0. The summed E-state index contributed by atoms with van der Waals surface area (Å²) in [5, 5.41) is 17.5. The molecule has 1 aliphatic carbocycles. The van der Waals surface area contributed by atoms with Crippen molar-refractivity contribution >= 4 is 40.6 Å². The molecule has 5 aromatic rings. The standard InChI is InChI=1S/C15H18N6.C15H19N5O2/c1-9(2)12-8-14(20-21-6-5-16-15(12)21)19-13-7-10(3)17-11(4)18-13;1-8(2)10-6-12(18-14(21)9-4-5-9)19-20-11(15(22)16-3)7-17-13(10)20/h5-9H,1-4H3,(H,17,18,19,20);6-9H,4-5H2,1-3H3,(H,16,22)(H,18,19,21). The van der Waals surface area contributed by atoms with Gasteiger partial charge in [0.1, 0.15) is 11.6 Å². The topological polar surface area (TPSA) is 156 Å². The Morgan fingerprint density at radius 2 is 1.58 bits per heavy atom. The summed E-state index contributed by atoms with van der Waals surface area (Å²) in [5.74, 6) is 3.09. The van der Waals surface area contributed by atoms with Crippen molar-refractivity contribution in [3.63, 3.8) is 0 Å². The van der Waals surface area contributed by atoms with Gasteiger partial charge in [-0.2, -0.15) is 0 Å². The van der Waals surface area contributed by atoms with Crippen LogP contribution >= 0.6 is 0 Å². The lowest BCUT2D eigenvalue weighted by Gasteiger charge is -2.11. The molecule has 6 rings (SSSR count). The van der Waals surface area contributed by atoms with Crippen LogP contribution in [0.25, 0.3) is 11.3 Å². The van der Waals surface area contributed by atoms with Crippen LogP contribution < -0.4 is 16.0 Å². The Kier molecular flexibility index (Phi) is 8.33. The number of nitrogens with zero attached hydrogens (tertiary/aromatic N) is 8. The molecule has 43 heavy (non-hydrogen) atoms. The Bertz CT molecular complexity index is 1780. The number of hydrogen-bond donors (Lipinski definition) is 3. The smallest absolute Gasteiger partial charge is 0.271 e. The zero-order valence-electron chi connectivity index (χ0n) is 25.5. The summed E-state index contributed by atoms with van der Waals surface area (Å²) < 4.78 is 3.29. The van der Waals surface area contributed by atoms with Gasteiger partial charge in [0, 0.05) is 48.2 Å². The predicted molar refractivity (Wildman–Crippen MR) is 164 cm³/mol. The Morgan fingerprint density at radius 3 is 2.23 bits per heavy atom. The second-order valence-electron chi connectivity index (χ2n) is 11.3. The average molecular weight is 584 g/mol. The van der Waals surface area contributed by atoms with Crippen LogP contribution in [0.4, 0.5) is 17.5 Å². The first-order valence-corrected chi connectivity index (χ1v) is 14.4. The highest BCUT2D eigenvalue weighted by Gasteiger charge is 2.30.